The Balaban J connectivity index is 2.22. The lowest BCUT2D eigenvalue weighted by atomic mass is 10.0. The third-order valence-electron chi connectivity index (χ3n) is 3.34. The highest BCUT2D eigenvalue weighted by atomic mass is 16.5. The summed E-state index contributed by atoms with van der Waals surface area (Å²) in [6.07, 6.45) is 0.318. The van der Waals surface area contributed by atoms with Crippen LogP contribution in [0.2, 0.25) is 0 Å². The molecule has 1 heterocycles. The number of ketones is 1. The summed E-state index contributed by atoms with van der Waals surface area (Å²) in [7, 11) is 3.08. The number of hydrogen-bond acceptors (Lipinski definition) is 4. The zero-order chi connectivity index (χ0) is 14.1. The SMILES string of the molecule is COc1ccc2c(c1OC)Oc1ccccc1CC2=O. The zero-order valence-corrected chi connectivity index (χ0v) is 11.3. The molecule has 2 aromatic carbocycles. The van der Waals surface area contributed by atoms with Gasteiger partial charge in [-0.05, 0) is 18.2 Å². The average molecular weight is 270 g/mol. The molecule has 0 radical (unpaired) electrons. The van der Waals surface area contributed by atoms with Crippen LogP contribution in [0.15, 0.2) is 36.4 Å². The molecule has 0 saturated carbocycles. The fourth-order valence-corrected chi connectivity index (χ4v) is 2.35. The molecule has 0 spiro atoms. The zero-order valence-electron chi connectivity index (χ0n) is 11.3. The predicted molar refractivity (Wildman–Crippen MR) is 74.1 cm³/mol. The Morgan fingerprint density at radius 1 is 1.05 bits per heavy atom. The van der Waals surface area contributed by atoms with E-state index in [0.29, 0.717) is 35.0 Å². The molecule has 102 valence electrons. The second-order valence-corrected chi connectivity index (χ2v) is 4.49. The molecule has 1 aliphatic rings. The Hall–Kier alpha value is -2.49. The first kappa shape index (κ1) is 12.5. The standard InChI is InChI=1S/C16H14O4/c1-18-14-8-7-11-12(17)9-10-5-3-4-6-13(10)20-15(11)16(14)19-2/h3-8H,9H2,1-2H3. The van der Waals surface area contributed by atoms with Crippen LogP contribution in [-0.2, 0) is 6.42 Å². The highest BCUT2D eigenvalue weighted by Crippen LogP contribution is 2.44. The minimum Gasteiger partial charge on any atom is -0.493 e. The van der Waals surface area contributed by atoms with Crippen LogP contribution >= 0.6 is 0 Å². The number of hydrogen-bond donors (Lipinski definition) is 0. The summed E-state index contributed by atoms with van der Waals surface area (Å²) in [6, 6.07) is 10.9. The number of ether oxygens (including phenoxy) is 3. The summed E-state index contributed by atoms with van der Waals surface area (Å²) in [5, 5.41) is 0. The molecule has 0 fully saturated rings. The fourth-order valence-electron chi connectivity index (χ4n) is 2.35. The van der Waals surface area contributed by atoms with E-state index in [1.54, 1.807) is 19.2 Å². The summed E-state index contributed by atoms with van der Waals surface area (Å²) in [5.74, 6) is 2.08. The van der Waals surface area contributed by atoms with Crippen molar-refractivity contribution in [2.45, 2.75) is 6.42 Å². The van der Waals surface area contributed by atoms with E-state index in [9.17, 15) is 4.79 Å². The summed E-state index contributed by atoms with van der Waals surface area (Å²) in [4.78, 5) is 12.4. The van der Waals surface area contributed by atoms with Gasteiger partial charge in [-0.25, -0.2) is 0 Å². The second-order valence-electron chi connectivity index (χ2n) is 4.49. The molecule has 0 unspecified atom stereocenters. The third-order valence-corrected chi connectivity index (χ3v) is 3.34. The number of benzene rings is 2. The summed E-state index contributed by atoms with van der Waals surface area (Å²) >= 11 is 0. The van der Waals surface area contributed by atoms with Gasteiger partial charge in [-0.15, -0.1) is 0 Å². The molecule has 0 N–H and O–H groups in total. The summed E-state index contributed by atoms with van der Waals surface area (Å²) < 4.78 is 16.5. The topological polar surface area (TPSA) is 44.8 Å². The second kappa shape index (κ2) is 4.89. The van der Waals surface area contributed by atoms with Gasteiger partial charge in [-0.3, -0.25) is 4.79 Å². The number of fused-ring (bicyclic) bond motifs is 2. The number of carbonyl (C=O) groups excluding carboxylic acids is 1. The van der Waals surface area contributed by atoms with Crippen molar-refractivity contribution in [2.24, 2.45) is 0 Å². The maximum absolute atomic E-state index is 12.4. The van der Waals surface area contributed by atoms with E-state index in [1.807, 2.05) is 24.3 Å². The maximum Gasteiger partial charge on any atom is 0.204 e. The van der Waals surface area contributed by atoms with E-state index in [4.69, 9.17) is 14.2 Å². The van der Waals surface area contributed by atoms with Crippen LogP contribution in [0.5, 0.6) is 23.0 Å². The van der Waals surface area contributed by atoms with Gasteiger partial charge in [0.05, 0.1) is 19.8 Å². The lowest BCUT2D eigenvalue weighted by Gasteiger charge is -2.14. The lowest BCUT2D eigenvalue weighted by molar-refractivity contribution is 0.0993. The normalized spacial score (nSPS) is 12.8. The van der Waals surface area contributed by atoms with Crippen LogP contribution in [0.4, 0.5) is 0 Å². The smallest absolute Gasteiger partial charge is 0.204 e. The first-order valence-corrected chi connectivity index (χ1v) is 6.28. The molecule has 3 rings (SSSR count). The molecule has 0 saturated heterocycles. The molecule has 0 atom stereocenters. The highest BCUT2D eigenvalue weighted by Gasteiger charge is 2.26. The van der Waals surface area contributed by atoms with Crippen LogP contribution in [-0.4, -0.2) is 20.0 Å². The first-order chi connectivity index (χ1) is 9.74. The molecule has 0 aromatic heterocycles. The van der Waals surface area contributed by atoms with Crippen molar-refractivity contribution in [3.05, 3.63) is 47.5 Å². The molecule has 0 aliphatic carbocycles. The Labute approximate surface area is 116 Å². The Bertz CT molecular complexity index is 676. The van der Waals surface area contributed by atoms with Crippen molar-refractivity contribution in [1.29, 1.82) is 0 Å². The maximum atomic E-state index is 12.4. The van der Waals surface area contributed by atoms with E-state index >= 15 is 0 Å². The molecule has 0 amide bonds. The van der Waals surface area contributed by atoms with Crippen molar-refractivity contribution < 1.29 is 19.0 Å². The number of carbonyl (C=O) groups is 1. The molecular formula is C16H14O4. The molecule has 2 aromatic rings. The van der Waals surface area contributed by atoms with Gasteiger partial charge in [0.1, 0.15) is 5.75 Å². The van der Waals surface area contributed by atoms with Gasteiger partial charge in [-0.2, -0.15) is 0 Å². The molecule has 4 nitrogen and oxygen atoms in total. The average Bonchev–Trinajstić information content (AvgIpc) is 2.62. The first-order valence-electron chi connectivity index (χ1n) is 6.28. The van der Waals surface area contributed by atoms with E-state index < -0.39 is 0 Å². The lowest BCUT2D eigenvalue weighted by Crippen LogP contribution is -2.03. The number of para-hydroxylation sites is 1. The number of rotatable bonds is 2. The van der Waals surface area contributed by atoms with Gasteiger partial charge in [0.15, 0.2) is 17.3 Å². The van der Waals surface area contributed by atoms with Crippen molar-refractivity contribution in [3.8, 4) is 23.0 Å². The largest absolute Gasteiger partial charge is 0.493 e. The van der Waals surface area contributed by atoms with E-state index in [2.05, 4.69) is 0 Å². The Morgan fingerprint density at radius 3 is 2.60 bits per heavy atom. The molecule has 1 aliphatic heterocycles. The van der Waals surface area contributed by atoms with Crippen molar-refractivity contribution in [2.75, 3.05) is 14.2 Å². The molecule has 20 heavy (non-hydrogen) atoms. The van der Waals surface area contributed by atoms with Gasteiger partial charge in [0.25, 0.3) is 0 Å². The molecule has 0 bridgehead atoms. The predicted octanol–water partition coefficient (Wildman–Crippen LogP) is 3.23. The van der Waals surface area contributed by atoms with Crippen molar-refractivity contribution >= 4 is 5.78 Å². The van der Waals surface area contributed by atoms with Crippen LogP contribution < -0.4 is 14.2 Å². The van der Waals surface area contributed by atoms with Gasteiger partial charge in [0, 0.05) is 12.0 Å². The van der Waals surface area contributed by atoms with Crippen LogP contribution in [0.3, 0.4) is 0 Å². The number of methoxy groups -OCH3 is 2. The Morgan fingerprint density at radius 2 is 1.85 bits per heavy atom. The highest BCUT2D eigenvalue weighted by molar-refractivity contribution is 6.02. The van der Waals surface area contributed by atoms with Crippen LogP contribution in [0, 0.1) is 0 Å². The van der Waals surface area contributed by atoms with E-state index in [-0.39, 0.29) is 5.78 Å². The molecule has 4 heteroatoms. The van der Waals surface area contributed by atoms with E-state index in [0.717, 1.165) is 5.56 Å². The summed E-state index contributed by atoms with van der Waals surface area (Å²) in [5.41, 5.74) is 1.38. The summed E-state index contributed by atoms with van der Waals surface area (Å²) in [6.45, 7) is 0. The van der Waals surface area contributed by atoms with Crippen molar-refractivity contribution in [1.82, 2.24) is 0 Å². The quantitative estimate of drug-likeness (QED) is 0.840. The minimum atomic E-state index is 0.00547. The van der Waals surface area contributed by atoms with Gasteiger partial charge in [0.2, 0.25) is 5.75 Å². The van der Waals surface area contributed by atoms with E-state index in [1.165, 1.54) is 7.11 Å². The van der Waals surface area contributed by atoms with Gasteiger partial charge >= 0.3 is 0 Å². The van der Waals surface area contributed by atoms with Crippen LogP contribution in [0.25, 0.3) is 0 Å². The Kier molecular flexibility index (Phi) is 3.06. The molecular weight excluding hydrogens is 256 g/mol. The fraction of sp³-hybridized carbons (Fsp3) is 0.188. The van der Waals surface area contributed by atoms with Gasteiger partial charge in [-0.1, -0.05) is 18.2 Å². The number of Topliss-reactive ketones (excluding diaryl/α,β-unsaturated/α-hetero) is 1. The third kappa shape index (κ3) is 1.90. The van der Waals surface area contributed by atoms with Gasteiger partial charge < -0.3 is 14.2 Å². The minimum absolute atomic E-state index is 0.00547. The van der Waals surface area contributed by atoms with Crippen LogP contribution in [0.1, 0.15) is 15.9 Å². The van der Waals surface area contributed by atoms with Crippen molar-refractivity contribution in [3.63, 3.8) is 0 Å². The monoisotopic (exact) mass is 270 g/mol.